The summed E-state index contributed by atoms with van der Waals surface area (Å²) in [5, 5.41) is 9.00. The summed E-state index contributed by atoms with van der Waals surface area (Å²) in [6, 6.07) is 13.5. The SMILES string of the molecule is Cc1ccc(Cc2cnc(NC(=O)Cc3noc4ccccc34)s2)cc1Cl. The Morgan fingerprint density at radius 1 is 1.26 bits per heavy atom. The van der Waals surface area contributed by atoms with Crippen molar-refractivity contribution in [3.8, 4) is 0 Å². The number of rotatable bonds is 5. The average Bonchev–Trinajstić information content (AvgIpc) is 3.25. The first-order valence-electron chi connectivity index (χ1n) is 8.41. The second-order valence-electron chi connectivity index (χ2n) is 6.24. The van der Waals surface area contributed by atoms with Crippen molar-refractivity contribution in [3.05, 3.63) is 75.4 Å². The monoisotopic (exact) mass is 397 g/mol. The minimum atomic E-state index is -0.173. The standard InChI is InChI=1S/C20H16ClN3O2S/c1-12-6-7-13(9-16(12)21)8-14-11-22-20(27-14)23-19(25)10-17-15-4-2-3-5-18(15)26-24-17/h2-7,9,11H,8,10H2,1H3,(H,22,23,25). The third kappa shape index (κ3) is 4.02. The lowest BCUT2D eigenvalue weighted by Crippen LogP contribution is -2.14. The number of aromatic nitrogens is 2. The maximum Gasteiger partial charge on any atom is 0.232 e. The summed E-state index contributed by atoms with van der Waals surface area (Å²) in [6.07, 6.45) is 2.64. The molecule has 27 heavy (non-hydrogen) atoms. The second kappa shape index (κ2) is 7.50. The fourth-order valence-corrected chi connectivity index (χ4v) is 3.84. The van der Waals surface area contributed by atoms with Crippen molar-refractivity contribution < 1.29 is 9.32 Å². The summed E-state index contributed by atoms with van der Waals surface area (Å²) in [5.74, 6) is -0.173. The molecule has 0 aliphatic heterocycles. The van der Waals surface area contributed by atoms with Crippen LogP contribution in [0.2, 0.25) is 5.02 Å². The van der Waals surface area contributed by atoms with Crippen LogP contribution in [0.1, 0.15) is 21.7 Å². The number of aryl methyl sites for hydroxylation is 1. The first-order chi connectivity index (χ1) is 13.1. The highest BCUT2D eigenvalue weighted by atomic mass is 35.5. The fraction of sp³-hybridized carbons (Fsp3) is 0.150. The molecule has 2 heterocycles. The number of nitrogens with one attached hydrogen (secondary N) is 1. The van der Waals surface area contributed by atoms with Crippen LogP contribution in [-0.4, -0.2) is 16.0 Å². The van der Waals surface area contributed by atoms with Gasteiger partial charge in [0.1, 0.15) is 5.69 Å². The van der Waals surface area contributed by atoms with Crippen LogP contribution in [0, 0.1) is 6.92 Å². The second-order valence-corrected chi connectivity index (χ2v) is 7.76. The molecule has 1 amide bonds. The van der Waals surface area contributed by atoms with E-state index in [1.807, 2.05) is 43.3 Å². The Hall–Kier alpha value is -2.70. The number of thiazole rings is 1. The molecular weight excluding hydrogens is 382 g/mol. The molecule has 4 aromatic rings. The number of fused-ring (bicyclic) bond motifs is 1. The zero-order valence-corrected chi connectivity index (χ0v) is 16.1. The van der Waals surface area contributed by atoms with Crippen LogP contribution in [0.25, 0.3) is 11.0 Å². The molecule has 5 nitrogen and oxygen atoms in total. The van der Waals surface area contributed by atoms with Gasteiger partial charge in [-0.05, 0) is 36.2 Å². The van der Waals surface area contributed by atoms with Gasteiger partial charge in [0.25, 0.3) is 0 Å². The average molecular weight is 398 g/mol. The fourth-order valence-electron chi connectivity index (χ4n) is 2.78. The highest BCUT2D eigenvalue weighted by molar-refractivity contribution is 7.15. The van der Waals surface area contributed by atoms with Gasteiger partial charge in [-0.2, -0.15) is 0 Å². The highest BCUT2D eigenvalue weighted by Crippen LogP contribution is 2.24. The van der Waals surface area contributed by atoms with Gasteiger partial charge in [0, 0.05) is 27.9 Å². The molecule has 0 unspecified atom stereocenters. The number of carbonyl (C=O) groups is 1. The number of halogens is 1. The van der Waals surface area contributed by atoms with Crippen molar-refractivity contribution in [2.24, 2.45) is 0 Å². The Balaban J connectivity index is 1.41. The van der Waals surface area contributed by atoms with Crippen LogP contribution >= 0.6 is 22.9 Å². The third-order valence-electron chi connectivity index (χ3n) is 4.19. The first kappa shape index (κ1) is 17.7. The Morgan fingerprint density at radius 2 is 2.11 bits per heavy atom. The van der Waals surface area contributed by atoms with Crippen LogP contribution in [0.15, 0.2) is 53.2 Å². The number of carbonyl (C=O) groups excluding carboxylic acids is 1. The predicted octanol–water partition coefficient (Wildman–Crippen LogP) is 5.02. The Morgan fingerprint density at radius 3 is 2.96 bits per heavy atom. The van der Waals surface area contributed by atoms with Gasteiger partial charge in [0.05, 0.1) is 6.42 Å². The molecule has 0 aliphatic rings. The van der Waals surface area contributed by atoms with Crippen LogP contribution in [0.3, 0.4) is 0 Å². The summed E-state index contributed by atoms with van der Waals surface area (Å²) in [4.78, 5) is 17.7. The zero-order valence-electron chi connectivity index (χ0n) is 14.5. The smallest absolute Gasteiger partial charge is 0.232 e. The lowest BCUT2D eigenvalue weighted by molar-refractivity contribution is -0.115. The van der Waals surface area contributed by atoms with Crippen LogP contribution in [0.4, 0.5) is 5.13 Å². The highest BCUT2D eigenvalue weighted by Gasteiger charge is 2.13. The summed E-state index contributed by atoms with van der Waals surface area (Å²) < 4.78 is 5.23. The van der Waals surface area contributed by atoms with Gasteiger partial charge < -0.3 is 9.84 Å². The van der Waals surface area contributed by atoms with E-state index in [0.717, 1.165) is 32.8 Å². The summed E-state index contributed by atoms with van der Waals surface area (Å²) in [5.41, 5.74) is 3.46. The van der Waals surface area contributed by atoms with E-state index in [0.29, 0.717) is 16.4 Å². The lowest BCUT2D eigenvalue weighted by atomic mass is 10.1. The molecule has 0 saturated heterocycles. The van der Waals surface area contributed by atoms with E-state index < -0.39 is 0 Å². The predicted molar refractivity (Wildman–Crippen MR) is 107 cm³/mol. The van der Waals surface area contributed by atoms with Gasteiger partial charge >= 0.3 is 0 Å². The minimum absolute atomic E-state index is 0.138. The zero-order chi connectivity index (χ0) is 18.8. The van der Waals surface area contributed by atoms with E-state index in [-0.39, 0.29) is 12.3 Å². The van der Waals surface area contributed by atoms with Crippen molar-refractivity contribution in [3.63, 3.8) is 0 Å². The molecule has 0 bridgehead atoms. The third-order valence-corrected chi connectivity index (χ3v) is 5.51. The Labute approximate surface area is 165 Å². The van der Waals surface area contributed by atoms with Crippen molar-refractivity contribution in [1.29, 1.82) is 0 Å². The van der Waals surface area contributed by atoms with Crippen LogP contribution in [0.5, 0.6) is 0 Å². The van der Waals surface area contributed by atoms with Crippen LogP contribution < -0.4 is 5.32 Å². The van der Waals surface area contributed by atoms with Gasteiger partial charge in [-0.15, -0.1) is 11.3 Å². The number of benzene rings is 2. The molecule has 0 atom stereocenters. The summed E-state index contributed by atoms with van der Waals surface area (Å²) >= 11 is 7.63. The van der Waals surface area contributed by atoms with E-state index in [4.69, 9.17) is 16.1 Å². The van der Waals surface area contributed by atoms with Gasteiger partial charge in [-0.3, -0.25) is 4.79 Å². The molecule has 0 radical (unpaired) electrons. The molecule has 2 aromatic carbocycles. The van der Waals surface area contributed by atoms with Gasteiger partial charge in [-0.1, -0.05) is 41.0 Å². The summed E-state index contributed by atoms with van der Waals surface area (Å²) in [7, 11) is 0. The normalized spacial score (nSPS) is 11.0. The largest absolute Gasteiger partial charge is 0.356 e. The first-order valence-corrected chi connectivity index (χ1v) is 9.61. The van der Waals surface area contributed by atoms with Crippen LogP contribution in [-0.2, 0) is 17.6 Å². The van der Waals surface area contributed by atoms with Gasteiger partial charge in [0.2, 0.25) is 5.91 Å². The number of para-hydroxylation sites is 1. The number of hydrogen-bond donors (Lipinski definition) is 1. The van der Waals surface area contributed by atoms with E-state index in [1.165, 1.54) is 11.3 Å². The molecule has 4 rings (SSSR count). The molecule has 7 heteroatoms. The van der Waals surface area contributed by atoms with E-state index in [1.54, 1.807) is 6.20 Å². The molecule has 1 N–H and O–H groups in total. The van der Waals surface area contributed by atoms with Crippen molar-refractivity contribution >= 4 is 44.9 Å². The quantitative estimate of drug-likeness (QED) is 0.513. The Kier molecular flexibility index (Phi) is 4.92. The minimum Gasteiger partial charge on any atom is -0.356 e. The molecule has 0 aliphatic carbocycles. The maximum atomic E-state index is 12.3. The molecule has 2 aromatic heterocycles. The summed E-state index contributed by atoms with van der Waals surface area (Å²) in [6.45, 7) is 1.98. The maximum absolute atomic E-state index is 12.3. The van der Waals surface area contributed by atoms with Crippen molar-refractivity contribution in [1.82, 2.24) is 10.1 Å². The van der Waals surface area contributed by atoms with Crippen molar-refractivity contribution in [2.45, 2.75) is 19.8 Å². The number of anilines is 1. The topological polar surface area (TPSA) is 68.0 Å². The lowest BCUT2D eigenvalue weighted by Gasteiger charge is -2.02. The van der Waals surface area contributed by atoms with Gasteiger partial charge in [-0.25, -0.2) is 4.98 Å². The van der Waals surface area contributed by atoms with Gasteiger partial charge in [0.15, 0.2) is 10.7 Å². The number of amides is 1. The van der Waals surface area contributed by atoms with Crippen molar-refractivity contribution in [2.75, 3.05) is 5.32 Å². The van der Waals surface area contributed by atoms with E-state index >= 15 is 0 Å². The number of nitrogens with zero attached hydrogens (tertiary/aromatic N) is 2. The Bertz CT molecular complexity index is 1120. The number of hydrogen-bond acceptors (Lipinski definition) is 5. The van der Waals surface area contributed by atoms with E-state index in [2.05, 4.69) is 21.5 Å². The van der Waals surface area contributed by atoms with E-state index in [9.17, 15) is 4.79 Å². The molecule has 0 fully saturated rings. The molecular formula is C20H16ClN3O2S. The molecule has 136 valence electrons. The molecule has 0 spiro atoms. The molecule has 0 saturated carbocycles.